The molecule has 1 saturated heterocycles. The molecule has 9 nitrogen and oxygen atoms in total. The molecule has 0 aliphatic carbocycles. The van der Waals surface area contributed by atoms with Gasteiger partial charge in [-0.1, -0.05) is 50.2 Å². The Morgan fingerprint density at radius 3 is 2.38 bits per heavy atom. The highest BCUT2D eigenvalue weighted by molar-refractivity contribution is 6.40. The van der Waals surface area contributed by atoms with Gasteiger partial charge in [0.15, 0.2) is 0 Å². The first kappa shape index (κ1) is 25.9. The SMILES string of the molecule is [C-]#[N+][C@@H]1C[C@@]2(CN1C(=O)[C@H](CC(C)C)N(C)C(=O)C(=O)N(C)c1ccccc1)C(=O)Nc1ccccc12. The van der Waals surface area contributed by atoms with Gasteiger partial charge in [0, 0.05) is 32.0 Å². The number of anilines is 2. The summed E-state index contributed by atoms with van der Waals surface area (Å²) in [7, 11) is 2.96. The molecular weight excluding hydrogens is 470 g/mol. The highest BCUT2D eigenvalue weighted by atomic mass is 16.2. The zero-order valence-electron chi connectivity index (χ0n) is 21.5. The van der Waals surface area contributed by atoms with Crippen LogP contribution in [0, 0.1) is 12.5 Å². The van der Waals surface area contributed by atoms with E-state index in [1.165, 1.54) is 28.8 Å². The van der Waals surface area contributed by atoms with E-state index in [1.54, 1.807) is 24.3 Å². The van der Waals surface area contributed by atoms with Crippen LogP contribution in [0.4, 0.5) is 11.4 Å². The van der Waals surface area contributed by atoms with Crippen molar-refractivity contribution in [1.82, 2.24) is 9.80 Å². The molecule has 2 aliphatic heterocycles. The molecule has 4 amide bonds. The fraction of sp³-hybridized carbons (Fsp3) is 0.393. The van der Waals surface area contributed by atoms with Gasteiger partial charge in [-0.05, 0) is 36.1 Å². The van der Waals surface area contributed by atoms with Crippen LogP contribution in [0.15, 0.2) is 54.6 Å². The summed E-state index contributed by atoms with van der Waals surface area (Å²) in [4.78, 5) is 60.9. The fourth-order valence-electron chi connectivity index (χ4n) is 5.22. The van der Waals surface area contributed by atoms with Gasteiger partial charge < -0.3 is 15.1 Å². The number of rotatable bonds is 5. The maximum Gasteiger partial charge on any atom is 0.316 e. The van der Waals surface area contributed by atoms with E-state index < -0.39 is 35.3 Å². The van der Waals surface area contributed by atoms with Crippen molar-refractivity contribution in [2.24, 2.45) is 5.92 Å². The molecule has 2 aliphatic rings. The molecule has 0 unspecified atom stereocenters. The zero-order chi connectivity index (χ0) is 26.9. The minimum atomic E-state index is -1.02. The maximum absolute atomic E-state index is 13.9. The molecule has 3 atom stereocenters. The van der Waals surface area contributed by atoms with Crippen LogP contribution in [-0.4, -0.2) is 66.3 Å². The summed E-state index contributed by atoms with van der Waals surface area (Å²) in [6, 6.07) is 15.1. The third-order valence-corrected chi connectivity index (χ3v) is 7.29. The van der Waals surface area contributed by atoms with Gasteiger partial charge in [0.2, 0.25) is 5.91 Å². The van der Waals surface area contributed by atoms with Gasteiger partial charge >= 0.3 is 18.0 Å². The molecule has 0 saturated carbocycles. The van der Waals surface area contributed by atoms with Crippen molar-refractivity contribution in [1.29, 1.82) is 0 Å². The third-order valence-electron chi connectivity index (χ3n) is 7.29. The highest BCUT2D eigenvalue weighted by Gasteiger charge is 2.59. The van der Waals surface area contributed by atoms with E-state index in [0.29, 0.717) is 17.8 Å². The quantitative estimate of drug-likeness (QED) is 0.504. The molecule has 1 spiro atoms. The second-order valence-corrected chi connectivity index (χ2v) is 10.1. The molecule has 9 heteroatoms. The van der Waals surface area contributed by atoms with Crippen molar-refractivity contribution in [3.63, 3.8) is 0 Å². The summed E-state index contributed by atoms with van der Waals surface area (Å²) in [5.41, 5.74) is 0.997. The first-order valence-electron chi connectivity index (χ1n) is 12.3. The summed E-state index contributed by atoms with van der Waals surface area (Å²) in [6.07, 6.45) is -0.377. The monoisotopic (exact) mass is 501 g/mol. The summed E-state index contributed by atoms with van der Waals surface area (Å²) >= 11 is 0. The Morgan fingerprint density at radius 1 is 1.08 bits per heavy atom. The number of carbonyl (C=O) groups is 4. The minimum Gasteiger partial charge on any atom is -0.325 e. The molecule has 0 aromatic heterocycles. The highest BCUT2D eigenvalue weighted by Crippen LogP contribution is 2.47. The molecular formula is C28H31N5O4. The average Bonchev–Trinajstić information content (AvgIpc) is 3.43. The molecule has 4 rings (SSSR count). The normalized spacial score (nSPS) is 20.8. The Balaban J connectivity index is 1.61. The van der Waals surface area contributed by atoms with Crippen LogP contribution >= 0.6 is 0 Å². The summed E-state index contributed by atoms with van der Waals surface area (Å²) in [5.74, 6) is -2.22. The van der Waals surface area contributed by atoms with Gasteiger partial charge in [-0.25, -0.2) is 6.57 Å². The molecule has 37 heavy (non-hydrogen) atoms. The van der Waals surface area contributed by atoms with Gasteiger partial charge in [-0.3, -0.25) is 28.9 Å². The number of likely N-dealkylation sites (tertiary alicyclic amines) is 1. The van der Waals surface area contributed by atoms with Crippen LogP contribution in [0.5, 0.6) is 0 Å². The van der Waals surface area contributed by atoms with Crippen molar-refractivity contribution >= 4 is 35.0 Å². The number of likely N-dealkylation sites (N-methyl/N-ethyl adjacent to an activating group) is 2. The lowest BCUT2D eigenvalue weighted by atomic mass is 9.80. The topological polar surface area (TPSA) is 94.4 Å². The van der Waals surface area contributed by atoms with Crippen LogP contribution in [0.2, 0.25) is 0 Å². The fourth-order valence-corrected chi connectivity index (χ4v) is 5.22. The Morgan fingerprint density at radius 2 is 1.73 bits per heavy atom. The second kappa shape index (κ2) is 10.1. The van der Waals surface area contributed by atoms with E-state index in [0.717, 1.165) is 5.56 Å². The Hall–Kier alpha value is -4.19. The van der Waals surface area contributed by atoms with E-state index in [-0.39, 0.29) is 24.8 Å². The van der Waals surface area contributed by atoms with Crippen LogP contribution < -0.4 is 10.2 Å². The number of fused-ring (bicyclic) bond motifs is 2. The maximum atomic E-state index is 13.9. The average molecular weight is 502 g/mol. The van der Waals surface area contributed by atoms with Crippen molar-refractivity contribution < 1.29 is 19.2 Å². The van der Waals surface area contributed by atoms with E-state index in [2.05, 4.69) is 10.2 Å². The van der Waals surface area contributed by atoms with Crippen molar-refractivity contribution in [2.75, 3.05) is 30.9 Å². The Labute approximate surface area is 216 Å². The number of nitrogens with zero attached hydrogens (tertiary/aromatic N) is 4. The molecule has 1 N–H and O–H groups in total. The molecule has 2 aromatic rings. The van der Waals surface area contributed by atoms with Gasteiger partial charge in [0.05, 0.1) is 6.42 Å². The molecule has 192 valence electrons. The van der Waals surface area contributed by atoms with Gasteiger partial charge in [0.25, 0.3) is 5.91 Å². The van der Waals surface area contributed by atoms with Crippen LogP contribution in [0.25, 0.3) is 4.85 Å². The van der Waals surface area contributed by atoms with Crippen molar-refractivity contribution in [3.05, 3.63) is 71.6 Å². The molecule has 2 aromatic carbocycles. The molecule has 0 bridgehead atoms. The molecule has 0 radical (unpaired) electrons. The number of benzene rings is 2. The van der Waals surface area contributed by atoms with E-state index >= 15 is 0 Å². The van der Waals surface area contributed by atoms with E-state index in [4.69, 9.17) is 6.57 Å². The number of amides is 4. The zero-order valence-corrected chi connectivity index (χ0v) is 21.5. The lowest BCUT2D eigenvalue weighted by molar-refractivity contribution is -0.150. The number of hydrogen-bond donors (Lipinski definition) is 1. The number of nitrogens with one attached hydrogen (secondary N) is 1. The van der Waals surface area contributed by atoms with E-state index in [9.17, 15) is 19.2 Å². The van der Waals surface area contributed by atoms with Crippen LogP contribution in [0.1, 0.15) is 32.3 Å². The summed E-state index contributed by atoms with van der Waals surface area (Å²) < 4.78 is 0. The van der Waals surface area contributed by atoms with Crippen molar-refractivity contribution in [2.45, 2.75) is 44.3 Å². The minimum absolute atomic E-state index is 0.0320. The van der Waals surface area contributed by atoms with Crippen LogP contribution in [0.3, 0.4) is 0 Å². The number of hydrogen-bond acceptors (Lipinski definition) is 4. The molecule has 1 fully saturated rings. The Bertz CT molecular complexity index is 1270. The standard InChI is InChI=1S/C28H31N5O4/c1-18(2)15-22(32(5)26(36)25(35)31(4)19-11-7-6-8-12-19)24(34)33-17-28(16-23(33)29-3)20-13-9-10-14-21(20)30-27(28)37/h6-14,18,22-23H,15-17H2,1-2,4-5H3,(H,30,37)/t22-,23-,28-/m0/s1. The predicted octanol–water partition coefficient (Wildman–Crippen LogP) is 2.89. The van der Waals surface area contributed by atoms with Gasteiger partial charge in [0.1, 0.15) is 11.5 Å². The smallest absolute Gasteiger partial charge is 0.316 e. The lowest BCUT2D eigenvalue weighted by Gasteiger charge is -2.32. The van der Waals surface area contributed by atoms with Crippen LogP contribution in [-0.2, 0) is 24.6 Å². The van der Waals surface area contributed by atoms with Gasteiger partial charge in [-0.2, -0.15) is 0 Å². The lowest BCUT2D eigenvalue weighted by Crippen LogP contribution is -2.54. The number of para-hydroxylation sites is 2. The predicted molar refractivity (Wildman–Crippen MR) is 139 cm³/mol. The largest absolute Gasteiger partial charge is 0.325 e. The first-order chi connectivity index (χ1) is 17.6. The van der Waals surface area contributed by atoms with Gasteiger partial charge in [-0.15, -0.1) is 0 Å². The molecule has 2 heterocycles. The summed E-state index contributed by atoms with van der Waals surface area (Å²) in [6.45, 7) is 11.7. The van der Waals surface area contributed by atoms with Crippen molar-refractivity contribution in [3.8, 4) is 0 Å². The van der Waals surface area contributed by atoms with E-state index in [1.807, 2.05) is 44.2 Å². The summed E-state index contributed by atoms with van der Waals surface area (Å²) in [5, 5.41) is 2.89. The Kier molecular flexibility index (Phi) is 7.03. The third kappa shape index (κ3) is 4.55. The second-order valence-electron chi connectivity index (χ2n) is 10.1. The number of carbonyl (C=O) groups excluding carboxylic acids is 4. The first-order valence-corrected chi connectivity index (χ1v) is 12.3.